The number of fused-ring (bicyclic) bond motifs is 10. The molecule has 8 aliphatic carbocycles. The summed E-state index contributed by atoms with van der Waals surface area (Å²) >= 11 is 0. The van der Waals surface area contributed by atoms with Crippen molar-refractivity contribution < 1.29 is 30.0 Å². The molecule has 384 valence electrons. The van der Waals surface area contributed by atoms with Gasteiger partial charge in [0.25, 0.3) is 0 Å². The Morgan fingerprint density at radius 2 is 0.896 bits per heavy atom. The molecule has 0 heterocycles. The van der Waals surface area contributed by atoms with Crippen LogP contribution in [0.25, 0.3) is 0 Å². The average molecular weight is 933 g/mol. The molecule has 6 fully saturated rings. The zero-order chi connectivity index (χ0) is 48.9. The molecule has 0 saturated heterocycles. The Hall–Kier alpha value is -1.66. The van der Waals surface area contributed by atoms with Crippen molar-refractivity contribution in [2.75, 3.05) is 0 Å². The Bertz CT molecular complexity index is 1560. The van der Waals surface area contributed by atoms with Gasteiger partial charge >= 0.3 is 11.9 Å². The topological polar surface area (TPSA) is 115 Å². The van der Waals surface area contributed by atoms with E-state index < -0.39 is 11.9 Å². The van der Waals surface area contributed by atoms with Gasteiger partial charge in [0, 0.05) is 12.8 Å². The van der Waals surface area contributed by atoms with Crippen LogP contribution >= 0.6 is 0 Å². The van der Waals surface area contributed by atoms with Gasteiger partial charge in [-0.3, -0.25) is 9.59 Å². The second-order valence-electron chi connectivity index (χ2n) is 26.7. The number of aliphatic carboxylic acids is 2. The van der Waals surface area contributed by atoms with Gasteiger partial charge in [0.2, 0.25) is 0 Å². The Balaban J connectivity index is 0.000000182. The molecule has 0 aromatic heterocycles. The van der Waals surface area contributed by atoms with Crippen LogP contribution in [0, 0.1) is 92.7 Å². The van der Waals surface area contributed by atoms with E-state index in [1.54, 1.807) is 11.1 Å². The summed E-state index contributed by atoms with van der Waals surface area (Å²) in [5.41, 5.74) is 5.21. The third kappa shape index (κ3) is 12.3. The van der Waals surface area contributed by atoms with Gasteiger partial charge in [-0.2, -0.15) is 0 Å². The van der Waals surface area contributed by atoms with Crippen LogP contribution < -0.4 is 0 Å². The molecule has 67 heavy (non-hydrogen) atoms. The van der Waals surface area contributed by atoms with Crippen LogP contribution in [0.3, 0.4) is 0 Å². The zero-order valence-corrected chi connectivity index (χ0v) is 44.9. The number of aliphatic hydroxyl groups excluding tert-OH is 2. The maximum Gasteiger partial charge on any atom is 0.303 e. The standard InChI is InChI=1S/2C27H46O.C7H12O4/c2*1-18(2)7-6-8-19(3)23-11-12-24-22-10-9-20-17-21(28)13-15-26(20,4)25(22)14-16-27(23,24)5;8-6(9)4-2-1-3-5-7(10)11/h2*9,18-19,21-25,28H,6-8,10-17H2,1-5H3;1-5H2,(H,8,9)(H,10,11)/t2*19-,21+,22+,23-,24+,25+,26+,27-;/m11./s1. The smallest absolute Gasteiger partial charge is 0.303 e. The molecule has 0 aromatic rings. The zero-order valence-electron chi connectivity index (χ0n) is 44.9. The first-order chi connectivity index (χ1) is 31.6. The molecule has 0 spiro atoms. The Morgan fingerprint density at radius 1 is 0.507 bits per heavy atom. The molecule has 0 aliphatic heterocycles. The molecule has 0 amide bonds. The van der Waals surface area contributed by atoms with E-state index in [2.05, 4.69) is 81.4 Å². The Morgan fingerprint density at radius 3 is 1.25 bits per heavy atom. The molecular formula is C61H104O6. The molecule has 0 bridgehead atoms. The lowest BCUT2D eigenvalue weighted by molar-refractivity contribution is -0.137. The van der Waals surface area contributed by atoms with E-state index in [4.69, 9.17) is 10.2 Å². The van der Waals surface area contributed by atoms with Gasteiger partial charge < -0.3 is 20.4 Å². The van der Waals surface area contributed by atoms with Gasteiger partial charge in [-0.1, -0.05) is 137 Å². The Labute approximate surface area is 411 Å². The number of carbonyl (C=O) groups is 2. The van der Waals surface area contributed by atoms with E-state index in [-0.39, 0.29) is 25.0 Å². The van der Waals surface area contributed by atoms with Crippen LogP contribution in [0.5, 0.6) is 0 Å². The van der Waals surface area contributed by atoms with E-state index in [1.807, 2.05) is 0 Å². The fourth-order valence-corrected chi connectivity index (χ4v) is 18.1. The number of carboxylic acids is 2. The number of rotatable bonds is 16. The van der Waals surface area contributed by atoms with Crippen molar-refractivity contribution in [2.45, 2.75) is 255 Å². The van der Waals surface area contributed by atoms with Crippen LogP contribution in [0.2, 0.25) is 0 Å². The Kier molecular flexibility index (Phi) is 19.0. The van der Waals surface area contributed by atoms with E-state index in [0.29, 0.717) is 40.9 Å². The maximum atomic E-state index is 10.2. The summed E-state index contributed by atoms with van der Waals surface area (Å²) in [6, 6.07) is 0. The quantitative estimate of drug-likeness (QED) is 0.0905. The van der Waals surface area contributed by atoms with E-state index >= 15 is 0 Å². The number of hydrogen-bond acceptors (Lipinski definition) is 4. The monoisotopic (exact) mass is 933 g/mol. The molecule has 8 aliphatic rings. The predicted octanol–water partition coefficient (Wildman–Crippen LogP) is 15.9. The summed E-state index contributed by atoms with van der Waals surface area (Å²) in [5, 5.41) is 36.8. The van der Waals surface area contributed by atoms with Gasteiger partial charge in [0.1, 0.15) is 0 Å². The lowest BCUT2D eigenvalue weighted by atomic mass is 9.47. The van der Waals surface area contributed by atoms with Crippen LogP contribution in [-0.4, -0.2) is 44.6 Å². The first kappa shape index (κ1) is 54.7. The minimum absolute atomic E-state index is 0.0766. The van der Waals surface area contributed by atoms with Crippen molar-refractivity contribution in [2.24, 2.45) is 92.7 Å². The fourth-order valence-electron chi connectivity index (χ4n) is 18.1. The van der Waals surface area contributed by atoms with Gasteiger partial charge in [-0.15, -0.1) is 0 Å². The molecule has 0 unspecified atom stereocenters. The molecular weight excluding hydrogens is 829 g/mol. The third-order valence-electron chi connectivity index (χ3n) is 21.8. The van der Waals surface area contributed by atoms with Crippen LogP contribution in [-0.2, 0) is 9.59 Å². The molecule has 0 radical (unpaired) electrons. The van der Waals surface area contributed by atoms with Crippen molar-refractivity contribution in [3.63, 3.8) is 0 Å². The van der Waals surface area contributed by atoms with Crippen LogP contribution in [0.4, 0.5) is 0 Å². The second-order valence-corrected chi connectivity index (χ2v) is 26.7. The first-order valence-electron chi connectivity index (χ1n) is 28.8. The molecule has 6 heteroatoms. The highest BCUT2D eigenvalue weighted by molar-refractivity contribution is 5.67. The highest BCUT2D eigenvalue weighted by Crippen LogP contribution is 2.69. The van der Waals surface area contributed by atoms with Crippen molar-refractivity contribution in [3.8, 4) is 0 Å². The lowest BCUT2D eigenvalue weighted by Crippen LogP contribution is -2.50. The van der Waals surface area contributed by atoms with Crippen molar-refractivity contribution in [1.82, 2.24) is 0 Å². The molecule has 16 atom stereocenters. The normalized spacial score (nSPS) is 40.4. The summed E-state index contributed by atoms with van der Waals surface area (Å²) in [5.74, 6) is 9.28. The van der Waals surface area contributed by atoms with E-state index in [9.17, 15) is 19.8 Å². The number of aliphatic hydroxyl groups is 2. The molecule has 4 N–H and O–H groups in total. The van der Waals surface area contributed by atoms with Crippen LogP contribution in [0.15, 0.2) is 23.3 Å². The molecule has 0 aromatic carbocycles. The van der Waals surface area contributed by atoms with Gasteiger partial charge in [0.15, 0.2) is 0 Å². The van der Waals surface area contributed by atoms with E-state index in [0.717, 1.165) is 96.7 Å². The average Bonchev–Trinajstić information content (AvgIpc) is 3.81. The summed E-state index contributed by atoms with van der Waals surface area (Å²) in [7, 11) is 0. The molecule has 6 saturated carbocycles. The lowest BCUT2D eigenvalue weighted by Gasteiger charge is -2.58. The predicted molar refractivity (Wildman–Crippen MR) is 276 cm³/mol. The largest absolute Gasteiger partial charge is 0.481 e. The molecule has 8 rings (SSSR count). The minimum Gasteiger partial charge on any atom is -0.481 e. The summed E-state index contributed by atoms with van der Waals surface area (Å²) < 4.78 is 0. The third-order valence-corrected chi connectivity index (χ3v) is 21.8. The SMILES string of the molecule is CC(C)CCC[C@@H](C)[C@H]1CC[C@H]2[C@@H]3CC=C4C[C@@H](O)CC[C@]4(C)[C@H]3CC[C@]12C.CC(C)CCC[C@@H](C)[C@H]1CC[C@H]2[C@@H]3CC=C4C[C@@H](O)CC[C@]4(C)[C@H]3CC[C@]12C.O=C(O)CCCCCC(=O)O. The van der Waals surface area contributed by atoms with Crippen LogP contribution in [0.1, 0.15) is 243 Å². The number of unbranched alkanes of at least 4 members (excludes halogenated alkanes) is 2. The summed E-state index contributed by atoms with van der Waals surface area (Å²) in [6.07, 6.45) is 36.4. The summed E-state index contributed by atoms with van der Waals surface area (Å²) in [6.45, 7) is 25.1. The number of hydrogen-bond donors (Lipinski definition) is 4. The summed E-state index contributed by atoms with van der Waals surface area (Å²) in [4.78, 5) is 20.0. The first-order valence-corrected chi connectivity index (χ1v) is 28.8. The maximum absolute atomic E-state index is 10.2. The minimum atomic E-state index is -0.819. The van der Waals surface area contributed by atoms with Gasteiger partial charge in [-0.25, -0.2) is 0 Å². The highest BCUT2D eigenvalue weighted by Gasteiger charge is 2.60. The van der Waals surface area contributed by atoms with Crippen molar-refractivity contribution in [1.29, 1.82) is 0 Å². The van der Waals surface area contributed by atoms with E-state index in [1.165, 1.54) is 116 Å². The fraction of sp³-hybridized carbons (Fsp3) is 0.902. The number of carboxylic acid groups (broad SMARTS) is 2. The molecule has 6 nitrogen and oxygen atoms in total. The second kappa shape index (κ2) is 23.3. The van der Waals surface area contributed by atoms with Gasteiger partial charge in [-0.05, 0) is 208 Å². The van der Waals surface area contributed by atoms with Gasteiger partial charge in [0.05, 0.1) is 12.2 Å². The van der Waals surface area contributed by atoms with Crippen molar-refractivity contribution in [3.05, 3.63) is 23.3 Å². The number of allylic oxidation sites excluding steroid dienone is 2. The highest BCUT2D eigenvalue weighted by atomic mass is 16.4. The van der Waals surface area contributed by atoms with Crippen molar-refractivity contribution >= 4 is 11.9 Å².